The fraction of sp³-hybridized carbons (Fsp3) is 0.235. The van der Waals surface area contributed by atoms with Gasteiger partial charge in [-0.3, -0.25) is 9.36 Å². The van der Waals surface area contributed by atoms with Crippen molar-refractivity contribution in [2.45, 2.75) is 24.5 Å². The van der Waals surface area contributed by atoms with E-state index in [2.05, 4.69) is 21.8 Å². The monoisotopic (exact) mass is 385 g/mol. The van der Waals surface area contributed by atoms with E-state index in [9.17, 15) is 10.1 Å². The zero-order valence-corrected chi connectivity index (χ0v) is 15.6. The summed E-state index contributed by atoms with van der Waals surface area (Å²) in [6.07, 6.45) is 3.28. The van der Waals surface area contributed by atoms with E-state index < -0.39 is 5.92 Å². The van der Waals surface area contributed by atoms with Crippen LogP contribution in [0.2, 0.25) is 0 Å². The Balaban J connectivity index is 1.76. The number of hydrogen-bond acceptors (Lipinski definition) is 8. The number of carbonyl (C=O) groups is 1. The highest BCUT2D eigenvalue weighted by Gasteiger charge is 2.24. The number of aromatic nitrogens is 4. The Kier molecular flexibility index (Phi) is 5.65. The van der Waals surface area contributed by atoms with Crippen LogP contribution in [0.15, 0.2) is 46.0 Å². The first-order valence-electron chi connectivity index (χ1n) is 7.69. The fourth-order valence-corrected chi connectivity index (χ4v) is 3.98. The maximum absolute atomic E-state index is 12.5. The van der Waals surface area contributed by atoms with Crippen LogP contribution in [-0.2, 0) is 11.3 Å². The van der Waals surface area contributed by atoms with Gasteiger partial charge in [0, 0.05) is 17.6 Å². The first-order valence-corrected chi connectivity index (χ1v) is 9.55. The van der Waals surface area contributed by atoms with Crippen LogP contribution in [-0.4, -0.2) is 31.3 Å². The first-order chi connectivity index (χ1) is 12.6. The second-order valence-corrected chi connectivity index (χ2v) is 7.16. The number of ketones is 1. The molecule has 0 radical (unpaired) electrons. The van der Waals surface area contributed by atoms with Gasteiger partial charge < -0.3 is 4.42 Å². The first kappa shape index (κ1) is 18.1. The highest BCUT2D eigenvalue weighted by Crippen LogP contribution is 2.27. The van der Waals surface area contributed by atoms with Crippen LogP contribution in [0.4, 0.5) is 0 Å². The van der Waals surface area contributed by atoms with Gasteiger partial charge in [0.15, 0.2) is 22.6 Å². The smallest absolute Gasteiger partial charge is 0.200 e. The van der Waals surface area contributed by atoms with E-state index in [0.29, 0.717) is 28.3 Å². The summed E-state index contributed by atoms with van der Waals surface area (Å²) in [6, 6.07) is 5.61. The lowest BCUT2D eigenvalue weighted by molar-refractivity contribution is -0.116. The molecule has 7 nitrogen and oxygen atoms in total. The minimum Gasteiger partial charge on any atom is -0.461 e. The van der Waals surface area contributed by atoms with Crippen molar-refractivity contribution in [3.63, 3.8) is 0 Å². The average molecular weight is 385 g/mol. The summed E-state index contributed by atoms with van der Waals surface area (Å²) in [5, 5.41) is 20.6. The molecule has 0 aliphatic heterocycles. The Morgan fingerprint density at radius 3 is 3.04 bits per heavy atom. The SMILES string of the molecule is C=CCn1c(SCC(=O)C(C#N)c2nc(C)cs2)nnc1-c1ccco1. The second-order valence-electron chi connectivity index (χ2n) is 5.33. The fourth-order valence-electron chi connectivity index (χ4n) is 2.27. The largest absolute Gasteiger partial charge is 0.461 e. The van der Waals surface area contributed by atoms with Crippen molar-refractivity contribution in [1.29, 1.82) is 5.26 Å². The lowest BCUT2D eigenvalue weighted by atomic mass is 10.1. The van der Waals surface area contributed by atoms with Crippen LogP contribution in [0, 0.1) is 18.3 Å². The van der Waals surface area contributed by atoms with E-state index >= 15 is 0 Å². The van der Waals surface area contributed by atoms with E-state index in [1.165, 1.54) is 23.1 Å². The van der Waals surface area contributed by atoms with Crippen LogP contribution >= 0.6 is 23.1 Å². The molecule has 0 aliphatic carbocycles. The molecule has 3 aromatic rings. The van der Waals surface area contributed by atoms with Crippen LogP contribution in [0.5, 0.6) is 0 Å². The minimum absolute atomic E-state index is 0.101. The summed E-state index contributed by atoms with van der Waals surface area (Å²) in [5.74, 6) is 0.189. The quantitative estimate of drug-likeness (QED) is 0.432. The molecular formula is C17H15N5O2S2. The zero-order chi connectivity index (χ0) is 18.5. The van der Waals surface area contributed by atoms with Crippen molar-refractivity contribution in [2.24, 2.45) is 0 Å². The number of allylic oxidation sites excluding steroid dienone is 1. The predicted octanol–water partition coefficient (Wildman–Crippen LogP) is 3.46. The maximum atomic E-state index is 12.5. The van der Waals surface area contributed by atoms with E-state index in [1.807, 2.05) is 22.9 Å². The molecule has 3 aromatic heterocycles. The van der Waals surface area contributed by atoms with Crippen LogP contribution in [0.1, 0.15) is 16.6 Å². The molecule has 0 aromatic carbocycles. The second kappa shape index (κ2) is 8.12. The third kappa shape index (κ3) is 3.76. The Bertz CT molecular complexity index is 952. The van der Waals surface area contributed by atoms with Crippen molar-refractivity contribution in [3.8, 4) is 17.7 Å². The van der Waals surface area contributed by atoms with Gasteiger partial charge in [0.25, 0.3) is 0 Å². The molecule has 0 aliphatic rings. The molecule has 0 spiro atoms. The van der Waals surface area contributed by atoms with E-state index in [-0.39, 0.29) is 11.5 Å². The number of Topliss-reactive ketones (excluding diaryl/α,β-unsaturated/α-hetero) is 1. The highest BCUT2D eigenvalue weighted by molar-refractivity contribution is 7.99. The third-order valence-corrected chi connectivity index (χ3v) is 5.46. The molecule has 132 valence electrons. The van der Waals surface area contributed by atoms with Gasteiger partial charge in [-0.15, -0.1) is 28.1 Å². The van der Waals surface area contributed by atoms with Crippen LogP contribution in [0.3, 0.4) is 0 Å². The third-order valence-electron chi connectivity index (χ3n) is 3.45. The standard InChI is InChI=1S/C17H15N5O2S2/c1-3-6-22-15(14-5-4-7-24-14)20-21-17(22)26-10-13(23)12(8-18)16-19-11(2)9-25-16/h3-5,7,9,12H,1,6,10H2,2H3. The van der Waals surface area contributed by atoms with E-state index in [1.54, 1.807) is 24.5 Å². The number of rotatable bonds is 8. The topological polar surface area (TPSA) is 97.6 Å². The van der Waals surface area contributed by atoms with Crippen LogP contribution < -0.4 is 0 Å². The van der Waals surface area contributed by atoms with Crippen LogP contribution in [0.25, 0.3) is 11.6 Å². The van der Waals surface area contributed by atoms with Crippen molar-refractivity contribution in [3.05, 3.63) is 47.1 Å². The van der Waals surface area contributed by atoms with E-state index in [4.69, 9.17) is 4.42 Å². The average Bonchev–Trinajstić information content (AvgIpc) is 3.36. The van der Waals surface area contributed by atoms with Crippen molar-refractivity contribution in [1.82, 2.24) is 19.7 Å². The molecule has 0 amide bonds. The van der Waals surface area contributed by atoms with Gasteiger partial charge in [0.2, 0.25) is 5.82 Å². The lowest BCUT2D eigenvalue weighted by Crippen LogP contribution is -2.14. The number of furan rings is 1. The Morgan fingerprint density at radius 1 is 1.58 bits per heavy atom. The van der Waals surface area contributed by atoms with Crippen molar-refractivity contribution >= 4 is 28.9 Å². The van der Waals surface area contributed by atoms with Crippen molar-refractivity contribution in [2.75, 3.05) is 5.75 Å². The Morgan fingerprint density at radius 2 is 2.42 bits per heavy atom. The summed E-state index contributed by atoms with van der Waals surface area (Å²) in [7, 11) is 0. The van der Waals surface area contributed by atoms with Gasteiger partial charge in [-0.2, -0.15) is 5.26 Å². The maximum Gasteiger partial charge on any atom is 0.200 e. The molecule has 1 unspecified atom stereocenters. The Hall–Kier alpha value is -2.70. The summed E-state index contributed by atoms with van der Waals surface area (Å²) in [5.41, 5.74) is 0.805. The van der Waals surface area contributed by atoms with Crippen molar-refractivity contribution < 1.29 is 9.21 Å². The molecule has 0 saturated carbocycles. The molecule has 0 fully saturated rings. The lowest BCUT2D eigenvalue weighted by Gasteiger charge is -2.07. The number of carbonyl (C=O) groups excluding carboxylic acids is 1. The number of nitriles is 1. The minimum atomic E-state index is -0.860. The molecule has 3 heterocycles. The number of hydrogen-bond donors (Lipinski definition) is 0. The molecule has 1 atom stereocenters. The number of nitrogens with zero attached hydrogens (tertiary/aromatic N) is 5. The van der Waals surface area contributed by atoms with Gasteiger partial charge in [-0.1, -0.05) is 17.8 Å². The predicted molar refractivity (Wildman–Crippen MR) is 98.9 cm³/mol. The molecule has 9 heteroatoms. The number of thioether (sulfide) groups is 1. The summed E-state index contributed by atoms with van der Waals surface area (Å²) in [4.78, 5) is 16.7. The Labute approximate surface area is 158 Å². The van der Waals surface area contributed by atoms with Gasteiger partial charge in [-0.05, 0) is 19.1 Å². The number of thiazole rings is 1. The van der Waals surface area contributed by atoms with Gasteiger partial charge in [0.05, 0.1) is 18.1 Å². The normalized spacial score (nSPS) is 11.8. The summed E-state index contributed by atoms with van der Waals surface area (Å²) >= 11 is 2.56. The molecular weight excluding hydrogens is 370 g/mol. The zero-order valence-electron chi connectivity index (χ0n) is 14.0. The molecule has 0 N–H and O–H groups in total. The van der Waals surface area contributed by atoms with Gasteiger partial charge in [-0.25, -0.2) is 4.98 Å². The number of aryl methyl sites for hydroxylation is 1. The summed E-state index contributed by atoms with van der Waals surface area (Å²) in [6.45, 7) is 6.06. The molecule has 3 rings (SSSR count). The highest BCUT2D eigenvalue weighted by atomic mass is 32.2. The molecule has 0 bridgehead atoms. The molecule has 0 saturated heterocycles. The summed E-state index contributed by atoms with van der Waals surface area (Å²) < 4.78 is 7.20. The van der Waals surface area contributed by atoms with Gasteiger partial charge >= 0.3 is 0 Å². The van der Waals surface area contributed by atoms with E-state index in [0.717, 1.165) is 5.69 Å². The van der Waals surface area contributed by atoms with Gasteiger partial charge in [0.1, 0.15) is 5.01 Å². The molecule has 26 heavy (non-hydrogen) atoms.